The number of hydrogen-bond acceptors (Lipinski definition) is 4. The summed E-state index contributed by atoms with van der Waals surface area (Å²) in [4.78, 5) is 13.4. The molecule has 0 N–H and O–H groups in total. The highest BCUT2D eigenvalue weighted by Gasteiger charge is 2.16. The second-order valence-corrected chi connectivity index (χ2v) is 6.38. The highest BCUT2D eigenvalue weighted by atomic mass is 32.1. The number of carbonyl (C=O) groups is 1. The van der Waals surface area contributed by atoms with Crippen LogP contribution in [0.2, 0.25) is 0 Å². The van der Waals surface area contributed by atoms with Gasteiger partial charge in [-0.15, -0.1) is 11.3 Å². The van der Waals surface area contributed by atoms with Crippen LogP contribution < -0.4 is 0 Å². The van der Waals surface area contributed by atoms with Crippen molar-refractivity contribution >= 4 is 29.0 Å². The number of thiophene rings is 1. The number of rotatable bonds is 5. The normalized spacial score (nSPS) is 11.0. The summed E-state index contributed by atoms with van der Waals surface area (Å²) in [6, 6.07) is 18.6. The number of hydrogen-bond donors (Lipinski definition) is 0. The summed E-state index contributed by atoms with van der Waals surface area (Å²) in [5, 5.41) is 11.0. The van der Waals surface area contributed by atoms with E-state index in [9.17, 15) is 9.18 Å². The second kappa shape index (κ2) is 8.24. The van der Waals surface area contributed by atoms with E-state index in [0.29, 0.717) is 22.3 Å². The van der Waals surface area contributed by atoms with Crippen LogP contribution in [0.1, 0.15) is 21.6 Å². The molecule has 3 nitrogen and oxygen atoms in total. The summed E-state index contributed by atoms with van der Waals surface area (Å²) in [6.45, 7) is 0.00863. The van der Waals surface area contributed by atoms with Crippen molar-refractivity contribution in [2.45, 2.75) is 6.61 Å². The lowest BCUT2D eigenvalue weighted by atomic mass is 10.1. The maximum Gasteiger partial charge on any atom is 0.339 e. The van der Waals surface area contributed by atoms with Crippen molar-refractivity contribution in [3.05, 3.63) is 93.4 Å². The van der Waals surface area contributed by atoms with Crippen molar-refractivity contribution < 1.29 is 13.9 Å². The quantitative estimate of drug-likeness (QED) is 0.471. The van der Waals surface area contributed by atoms with E-state index >= 15 is 0 Å². The van der Waals surface area contributed by atoms with E-state index in [-0.39, 0.29) is 12.4 Å². The second-order valence-electron chi connectivity index (χ2n) is 5.43. The minimum absolute atomic E-state index is 0.00863. The Morgan fingerprint density at radius 2 is 1.88 bits per heavy atom. The molecule has 0 bridgehead atoms. The fraction of sp³-hybridized carbons (Fsp3) is 0.0476. The summed E-state index contributed by atoms with van der Waals surface area (Å²) in [7, 11) is 0. The predicted molar refractivity (Wildman–Crippen MR) is 99.5 cm³/mol. The lowest BCUT2D eigenvalue weighted by Gasteiger charge is -2.09. The molecule has 2 aromatic carbocycles. The molecular weight excluding hydrogens is 349 g/mol. The smallest absolute Gasteiger partial charge is 0.339 e. The van der Waals surface area contributed by atoms with Crippen molar-refractivity contribution in [3.8, 4) is 6.07 Å². The third-order valence-electron chi connectivity index (χ3n) is 3.68. The number of benzene rings is 2. The van der Waals surface area contributed by atoms with Crippen LogP contribution in [-0.4, -0.2) is 5.97 Å². The van der Waals surface area contributed by atoms with E-state index in [0.717, 1.165) is 4.88 Å². The van der Waals surface area contributed by atoms with Gasteiger partial charge in [0.05, 0.1) is 17.2 Å². The summed E-state index contributed by atoms with van der Waals surface area (Å²) in [5.74, 6) is -0.833. The van der Waals surface area contributed by atoms with Gasteiger partial charge < -0.3 is 4.74 Å². The first kappa shape index (κ1) is 17.6. The molecule has 3 aromatic rings. The van der Waals surface area contributed by atoms with Gasteiger partial charge in [0.25, 0.3) is 0 Å². The molecule has 5 heteroatoms. The molecule has 0 aliphatic carbocycles. The zero-order chi connectivity index (χ0) is 18.4. The zero-order valence-corrected chi connectivity index (χ0v) is 14.5. The fourth-order valence-electron chi connectivity index (χ4n) is 2.36. The Morgan fingerprint density at radius 1 is 1.12 bits per heavy atom. The van der Waals surface area contributed by atoms with Gasteiger partial charge in [-0.2, -0.15) is 5.26 Å². The van der Waals surface area contributed by atoms with E-state index in [1.165, 1.54) is 23.5 Å². The maximum atomic E-state index is 13.1. The number of halogens is 1. The summed E-state index contributed by atoms with van der Waals surface area (Å²) in [6.07, 6.45) is 1.67. The van der Waals surface area contributed by atoms with Crippen LogP contribution in [0.15, 0.2) is 66.0 Å². The minimum Gasteiger partial charge on any atom is -0.457 e. The molecule has 0 aliphatic rings. The standard InChI is InChI=1S/C21H14FNO2S/c22-18-9-7-15(8-10-18)12-19(20-6-3-11-26-20)21(24)25-14-17-5-2-1-4-16(17)13-23/h1-12H,14H2/b19-12+. The first-order valence-corrected chi connectivity index (χ1v) is 8.71. The minimum atomic E-state index is -0.496. The van der Waals surface area contributed by atoms with Gasteiger partial charge in [-0.25, -0.2) is 9.18 Å². The summed E-state index contributed by atoms with van der Waals surface area (Å²) >= 11 is 1.42. The van der Waals surface area contributed by atoms with Crippen molar-refractivity contribution in [2.75, 3.05) is 0 Å². The van der Waals surface area contributed by atoms with Crippen molar-refractivity contribution in [1.82, 2.24) is 0 Å². The number of ether oxygens (including phenoxy) is 1. The van der Waals surface area contributed by atoms with Gasteiger partial charge in [0, 0.05) is 10.4 Å². The van der Waals surface area contributed by atoms with Crippen LogP contribution in [0.5, 0.6) is 0 Å². The molecule has 0 atom stereocenters. The summed E-state index contributed by atoms with van der Waals surface area (Å²) in [5.41, 5.74) is 2.21. The topological polar surface area (TPSA) is 50.1 Å². The van der Waals surface area contributed by atoms with Crippen LogP contribution >= 0.6 is 11.3 Å². The fourth-order valence-corrected chi connectivity index (χ4v) is 3.09. The van der Waals surface area contributed by atoms with Gasteiger partial charge in [0.1, 0.15) is 12.4 Å². The molecule has 3 rings (SSSR count). The van der Waals surface area contributed by atoms with E-state index in [4.69, 9.17) is 10.00 Å². The zero-order valence-electron chi connectivity index (χ0n) is 13.7. The Hall–Kier alpha value is -3.23. The van der Waals surface area contributed by atoms with Crippen LogP contribution in [0.25, 0.3) is 11.6 Å². The molecule has 0 fully saturated rings. The predicted octanol–water partition coefficient (Wildman–Crippen LogP) is 5.04. The van der Waals surface area contributed by atoms with E-state index in [1.807, 2.05) is 17.5 Å². The number of nitriles is 1. The molecule has 0 saturated heterocycles. The molecule has 26 heavy (non-hydrogen) atoms. The molecular formula is C21H14FNO2S. The Kier molecular flexibility index (Phi) is 5.57. The van der Waals surface area contributed by atoms with Crippen LogP contribution in [0.3, 0.4) is 0 Å². The maximum absolute atomic E-state index is 13.1. The third kappa shape index (κ3) is 4.24. The largest absolute Gasteiger partial charge is 0.457 e. The summed E-state index contributed by atoms with van der Waals surface area (Å²) < 4.78 is 18.5. The Morgan fingerprint density at radius 3 is 2.58 bits per heavy atom. The van der Waals surface area contributed by atoms with Gasteiger partial charge in [-0.3, -0.25) is 0 Å². The number of esters is 1. The molecule has 0 unspecified atom stereocenters. The van der Waals surface area contributed by atoms with Crippen LogP contribution in [-0.2, 0) is 16.1 Å². The molecule has 0 radical (unpaired) electrons. The van der Waals surface area contributed by atoms with Gasteiger partial charge in [-0.1, -0.05) is 36.4 Å². The Balaban J connectivity index is 1.84. The van der Waals surface area contributed by atoms with Crippen LogP contribution in [0, 0.1) is 17.1 Å². The Bertz CT molecular complexity index is 970. The van der Waals surface area contributed by atoms with Gasteiger partial charge >= 0.3 is 5.97 Å². The first-order chi connectivity index (χ1) is 12.7. The lowest BCUT2D eigenvalue weighted by Crippen LogP contribution is -2.07. The Labute approximate surface area is 154 Å². The van der Waals surface area contributed by atoms with Crippen molar-refractivity contribution in [3.63, 3.8) is 0 Å². The van der Waals surface area contributed by atoms with E-state index in [2.05, 4.69) is 6.07 Å². The van der Waals surface area contributed by atoms with E-state index in [1.54, 1.807) is 42.5 Å². The molecule has 0 spiro atoms. The third-order valence-corrected chi connectivity index (χ3v) is 4.59. The molecule has 0 saturated carbocycles. The van der Waals surface area contributed by atoms with Gasteiger partial charge in [0.15, 0.2) is 0 Å². The molecule has 0 aliphatic heterocycles. The van der Waals surface area contributed by atoms with Gasteiger partial charge in [-0.05, 0) is 41.3 Å². The van der Waals surface area contributed by atoms with Crippen LogP contribution in [0.4, 0.5) is 4.39 Å². The molecule has 1 aromatic heterocycles. The molecule has 0 amide bonds. The number of carbonyl (C=O) groups excluding carboxylic acids is 1. The molecule has 128 valence electrons. The van der Waals surface area contributed by atoms with E-state index < -0.39 is 5.97 Å². The number of nitrogens with zero attached hydrogens (tertiary/aromatic N) is 1. The van der Waals surface area contributed by atoms with Crippen molar-refractivity contribution in [2.24, 2.45) is 0 Å². The first-order valence-electron chi connectivity index (χ1n) is 7.83. The lowest BCUT2D eigenvalue weighted by molar-refractivity contribution is -0.137. The highest BCUT2D eigenvalue weighted by Crippen LogP contribution is 2.25. The SMILES string of the molecule is N#Cc1ccccc1COC(=O)/C(=C/c1ccc(F)cc1)c1cccs1. The van der Waals surface area contributed by atoms with Gasteiger partial charge in [0.2, 0.25) is 0 Å². The highest BCUT2D eigenvalue weighted by molar-refractivity contribution is 7.11. The average molecular weight is 363 g/mol. The average Bonchev–Trinajstić information content (AvgIpc) is 3.20. The van der Waals surface area contributed by atoms with Crippen molar-refractivity contribution in [1.29, 1.82) is 5.26 Å². The molecule has 1 heterocycles. The monoisotopic (exact) mass is 363 g/mol.